The van der Waals surface area contributed by atoms with Crippen LogP contribution in [0, 0.1) is 5.92 Å². The van der Waals surface area contributed by atoms with Crippen molar-refractivity contribution >= 4 is 46.4 Å². The van der Waals surface area contributed by atoms with E-state index in [9.17, 15) is 9.59 Å². The molecule has 0 bridgehead atoms. The van der Waals surface area contributed by atoms with E-state index in [0.29, 0.717) is 35.2 Å². The molecule has 0 aliphatic rings. The number of hydrogen-bond donors (Lipinski definition) is 0. The van der Waals surface area contributed by atoms with E-state index in [1.54, 1.807) is 39.3 Å². The molecule has 1 heterocycles. The van der Waals surface area contributed by atoms with Crippen molar-refractivity contribution in [3.05, 3.63) is 92.1 Å². The first-order chi connectivity index (χ1) is 15.3. The molecular formula is C25H26Cl2N2O2S. The van der Waals surface area contributed by atoms with Crippen LogP contribution in [0.3, 0.4) is 0 Å². The summed E-state index contributed by atoms with van der Waals surface area (Å²) in [5, 5.41) is 2.70. The Bertz CT molecular complexity index is 1040. The minimum Gasteiger partial charge on any atom is -0.332 e. The number of hydrogen-bond acceptors (Lipinski definition) is 3. The standard InChI is InChI=1S/C25H26Cl2N2O2S/c1-18(2)14-29(25(31)20-10-11-22(26)23(27)13-20)17-24(30)28(16-21-9-6-12-32-21)15-19-7-4-3-5-8-19/h3-13,18H,14-17H2,1-2H3. The van der Waals surface area contributed by atoms with Gasteiger partial charge in [0.15, 0.2) is 0 Å². The number of rotatable bonds is 9. The molecule has 0 N–H and O–H groups in total. The first-order valence-corrected chi connectivity index (χ1v) is 12.1. The highest BCUT2D eigenvalue weighted by Crippen LogP contribution is 2.24. The Morgan fingerprint density at radius 3 is 2.28 bits per heavy atom. The highest BCUT2D eigenvalue weighted by Gasteiger charge is 2.24. The van der Waals surface area contributed by atoms with Gasteiger partial charge in [0, 0.05) is 23.5 Å². The molecule has 0 spiro atoms. The summed E-state index contributed by atoms with van der Waals surface area (Å²) in [7, 11) is 0. The van der Waals surface area contributed by atoms with Gasteiger partial charge in [-0.05, 0) is 41.1 Å². The molecule has 2 amide bonds. The van der Waals surface area contributed by atoms with E-state index in [-0.39, 0.29) is 24.3 Å². The fourth-order valence-corrected chi connectivity index (χ4v) is 4.38. The molecule has 0 saturated heterocycles. The first-order valence-electron chi connectivity index (χ1n) is 10.4. The van der Waals surface area contributed by atoms with Gasteiger partial charge in [-0.25, -0.2) is 0 Å². The summed E-state index contributed by atoms with van der Waals surface area (Å²) in [6, 6.07) is 18.7. The summed E-state index contributed by atoms with van der Waals surface area (Å²) in [5.41, 5.74) is 1.46. The van der Waals surface area contributed by atoms with Gasteiger partial charge in [0.2, 0.25) is 5.91 Å². The molecular weight excluding hydrogens is 463 g/mol. The number of nitrogens with zero attached hydrogens (tertiary/aromatic N) is 2. The summed E-state index contributed by atoms with van der Waals surface area (Å²) in [5.74, 6) is -0.132. The maximum absolute atomic E-state index is 13.4. The van der Waals surface area contributed by atoms with Gasteiger partial charge in [-0.1, -0.05) is 73.4 Å². The number of thiophene rings is 1. The highest BCUT2D eigenvalue weighted by molar-refractivity contribution is 7.09. The third-order valence-electron chi connectivity index (χ3n) is 4.86. The molecule has 3 rings (SSSR count). The molecule has 0 saturated carbocycles. The lowest BCUT2D eigenvalue weighted by molar-refractivity contribution is -0.133. The molecule has 4 nitrogen and oxygen atoms in total. The minimum atomic E-state index is -0.235. The molecule has 0 aliphatic carbocycles. The second-order valence-corrected chi connectivity index (χ2v) is 9.87. The van der Waals surface area contributed by atoms with Crippen LogP contribution < -0.4 is 0 Å². The van der Waals surface area contributed by atoms with Gasteiger partial charge in [-0.15, -0.1) is 11.3 Å². The van der Waals surface area contributed by atoms with Crippen LogP contribution in [0.15, 0.2) is 66.0 Å². The zero-order valence-electron chi connectivity index (χ0n) is 18.1. The molecule has 7 heteroatoms. The Morgan fingerprint density at radius 2 is 1.66 bits per heavy atom. The third kappa shape index (κ3) is 6.83. The SMILES string of the molecule is CC(C)CN(CC(=O)N(Cc1ccccc1)Cc1cccs1)C(=O)c1ccc(Cl)c(Cl)c1. The summed E-state index contributed by atoms with van der Waals surface area (Å²) >= 11 is 13.7. The molecule has 3 aromatic rings. The van der Waals surface area contributed by atoms with Gasteiger partial charge < -0.3 is 9.80 Å². The predicted molar refractivity (Wildman–Crippen MR) is 132 cm³/mol. The minimum absolute atomic E-state index is 0.00450. The van der Waals surface area contributed by atoms with Crippen molar-refractivity contribution in [2.24, 2.45) is 5.92 Å². The van der Waals surface area contributed by atoms with Gasteiger partial charge in [-0.2, -0.15) is 0 Å². The number of halogens is 2. The summed E-state index contributed by atoms with van der Waals surface area (Å²) < 4.78 is 0. The molecule has 0 radical (unpaired) electrons. The van der Waals surface area contributed by atoms with E-state index < -0.39 is 0 Å². The van der Waals surface area contributed by atoms with E-state index in [1.165, 1.54) is 0 Å². The number of carbonyl (C=O) groups is 2. The zero-order valence-corrected chi connectivity index (χ0v) is 20.5. The summed E-state index contributed by atoms with van der Waals surface area (Å²) in [6.45, 7) is 5.48. The number of amides is 2. The molecule has 168 valence electrons. The normalized spacial score (nSPS) is 10.9. The van der Waals surface area contributed by atoms with Crippen molar-refractivity contribution in [2.45, 2.75) is 26.9 Å². The Balaban J connectivity index is 1.81. The quantitative estimate of drug-likeness (QED) is 0.350. The van der Waals surface area contributed by atoms with Crippen LogP contribution in [-0.4, -0.2) is 34.7 Å². The fraction of sp³-hybridized carbons (Fsp3) is 0.280. The topological polar surface area (TPSA) is 40.6 Å². The Labute approximate surface area is 203 Å². The monoisotopic (exact) mass is 488 g/mol. The van der Waals surface area contributed by atoms with Crippen LogP contribution in [-0.2, 0) is 17.9 Å². The Morgan fingerprint density at radius 1 is 0.906 bits per heavy atom. The Hall–Kier alpha value is -2.34. The van der Waals surface area contributed by atoms with Crippen molar-refractivity contribution in [2.75, 3.05) is 13.1 Å². The molecule has 0 atom stereocenters. The largest absolute Gasteiger partial charge is 0.332 e. The van der Waals surface area contributed by atoms with E-state index in [0.717, 1.165) is 10.4 Å². The average Bonchev–Trinajstić information content (AvgIpc) is 3.28. The average molecular weight is 489 g/mol. The first kappa shape index (κ1) is 24.3. The van der Waals surface area contributed by atoms with Crippen LogP contribution in [0.2, 0.25) is 10.0 Å². The maximum atomic E-state index is 13.4. The van der Waals surface area contributed by atoms with E-state index in [2.05, 4.69) is 0 Å². The molecule has 32 heavy (non-hydrogen) atoms. The number of benzene rings is 2. The van der Waals surface area contributed by atoms with Crippen molar-refractivity contribution in [1.29, 1.82) is 0 Å². The van der Waals surface area contributed by atoms with Crippen molar-refractivity contribution in [3.8, 4) is 0 Å². The zero-order chi connectivity index (χ0) is 23.1. The lowest BCUT2D eigenvalue weighted by Gasteiger charge is -2.29. The van der Waals surface area contributed by atoms with Crippen LogP contribution >= 0.6 is 34.5 Å². The summed E-state index contributed by atoms with van der Waals surface area (Å²) in [4.78, 5) is 31.1. The summed E-state index contributed by atoms with van der Waals surface area (Å²) in [6.07, 6.45) is 0. The second kappa shape index (κ2) is 11.5. The third-order valence-corrected chi connectivity index (χ3v) is 6.46. The van der Waals surface area contributed by atoms with Gasteiger partial charge in [0.05, 0.1) is 16.6 Å². The van der Waals surface area contributed by atoms with Crippen LogP contribution in [0.25, 0.3) is 0 Å². The van der Waals surface area contributed by atoms with Crippen molar-refractivity contribution in [1.82, 2.24) is 9.80 Å². The molecule has 0 fully saturated rings. The molecule has 2 aromatic carbocycles. The van der Waals surface area contributed by atoms with E-state index in [4.69, 9.17) is 23.2 Å². The second-order valence-electron chi connectivity index (χ2n) is 8.02. The Kier molecular flexibility index (Phi) is 8.74. The van der Waals surface area contributed by atoms with E-state index in [1.807, 2.05) is 61.7 Å². The fourth-order valence-electron chi connectivity index (χ4n) is 3.36. The van der Waals surface area contributed by atoms with Crippen LogP contribution in [0.4, 0.5) is 0 Å². The molecule has 0 unspecified atom stereocenters. The van der Waals surface area contributed by atoms with Gasteiger partial charge in [-0.3, -0.25) is 9.59 Å². The van der Waals surface area contributed by atoms with Crippen molar-refractivity contribution in [3.63, 3.8) is 0 Å². The van der Waals surface area contributed by atoms with Gasteiger partial charge in [0.1, 0.15) is 6.54 Å². The highest BCUT2D eigenvalue weighted by atomic mass is 35.5. The van der Waals surface area contributed by atoms with Gasteiger partial charge in [0.25, 0.3) is 5.91 Å². The number of carbonyl (C=O) groups excluding carboxylic acids is 2. The van der Waals surface area contributed by atoms with Crippen LogP contribution in [0.5, 0.6) is 0 Å². The predicted octanol–water partition coefficient (Wildman–Crippen LogP) is 6.38. The van der Waals surface area contributed by atoms with E-state index >= 15 is 0 Å². The molecule has 0 aliphatic heterocycles. The lowest BCUT2D eigenvalue weighted by Crippen LogP contribution is -2.43. The maximum Gasteiger partial charge on any atom is 0.254 e. The van der Waals surface area contributed by atoms with Gasteiger partial charge >= 0.3 is 0 Å². The lowest BCUT2D eigenvalue weighted by atomic mass is 10.1. The molecule has 1 aromatic heterocycles. The smallest absolute Gasteiger partial charge is 0.254 e. The van der Waals surface area contributed by atoms with Crippen molar-refractivity contribution < 1.29 is 9.59 Å². The van der Waals surface area contributed by atoms with Crippen LogP contribution in [0.1, 0.15) is 34.6 Å².